The van der Waals surface area contributed by atoms with Crippen molar-refractivity contribution in [2.24, 2.45) is 0 Å². The van der Waals surface area contributed by atoms with E-state index < -0.39 is 0 Å². The molecule has 0 saturated carbocycles. The number of benzene rings is 2. The van der Waals surface area contributed by atoms with E-state index >= 15 is 0 Å². The van der Waals surface area contributed by atoms with E-state index in [0.29, 0.717) is 17.3 Å². The highest BCUT2D eigenvalue weighted by atomic mass is 35.5. The highest BCUT2D eigenvalue weighted by molar-refractivity contribution is 6.30. The molecular weight excluding hydrogens is 250 g/mol. The lowest BCUT2D eigenvalue weighted by atomic mass is 10.2. The number of ether oxygens (including phenoxy) is 2. The van der Waals surface area contributed by atoms with Crippen LogP contribution in [0.25, 0.3) is 0 Å². The summed E-state index contributed by atoms with van der Waals surface area (Å²) in [6, 6.07) is 12.7. The maximum Gasteiger partial charge on any atom is 0.125 e. The molecule has 0 aliphatic rings. The Morgan fingerprint density at radius 3 is 2.50 bits per heavy atom. The lowest BCUT2D eigenvalue weighted by molar-refractivity contribution is 0.297. The molecule has 0 spiro atoms. The van der Waals surface area contributed by atoms with Crippen LogP contribution in [-0.2, 0) is 6.61 Å². The highest BCUT2D eigenvalue weighted by Crippen LogP contribution is 2.23. The van der Waals surface area contributed by atoms with Crippen LogP contribution in [0.5, 0.6) is 11.5 Å². The van der Waals surface area contributed by atoms with Gasteiger partial charge in [-0.3, -0.25) is 0 Å². The molecule has 18 heavy (non-hydrogen) atoms. The zero-order chi connectivity index (χ0) is 13.0. The summed E-state index contributed by atoms with van der Waals surface area (Å²) in [5, 5.41) is 0.684. The Balaban J connectivity index is 2.09. The van der Waals surface area contributed by atoms with Crippen LogP contribution in [0.4, 0.5) is 5.69 Å². The van der Waals surface area contributed by atoms with Gasteiger partial charge in [0.2, 0.25) is 0 Å². The minimum Gasteiger partial charge on any atom is -0.496 e. The second kappa shape index (κ2) is 5.65. The molecule has 0 atom stereocenters. The normalized spacial score (nSPS) is 10.1. The van der Waals surface area contributed by atoms with Crippen LogP contribution in [0.3, 0.4) is 0 Å². The lowest BCUT2D eigenvalue weighted by Crippen LogP contribution is -2.00. The van der Waals surface area contributed by atoms with Crippen molar-refractivity contribution in [2.45, 2.75) is 6.61 Å². The summed E-state index contributed by atoms with van der Waals surface area (Å²) in [5.41, 5.74) is 7.34. The predicted octanol–water partition coefficient (Wildman–Crippen LogP) is 3.51. The van der Waals surface area contributed by atoms with Gasteiger partial charge < -0.3 is 15.2 Å². The number of hydrogen-bond donors (Lipinski definition) is 1. The third-order valence-corrected chi connectivity index (χ3v) is 2.76. The first kappa shape index (κ1) is 12.6. The molecule has 0 aromatic heterocycles. The Bertz CT molecular complexity index is 526. The molecule has 2 N–H and O–H groups in total. The average Bonchev–Trinajstić information content (AvgIpc) is 2.38. The van der Waals surface area contributed by atoms with E-state index in [1.807, 2.05) is 24.3 Å². The average molecular weight is 264 g/mol. The summed E-state index contributed by atoms with van der Waals surface area (Å²) in [7, 11) is 1.62. The maximum absolute atomic E-state index is 5.81. The molecule has 3 nitrogen and oxygen atoms in total. The monoisotopic (exact) mass is 263 g/mol. The fraction of sp³-hybridized carbons (Fsp3) is 0.143. The smallest absolute Gasteiger partial charge is 0.125 e. The minimum atomic E-state index is 0.399. The number of anilines is 1. The number of nitrogen functional groups attached to an aromatic ring is 1. The Labute approximate surface area is 111 Å². The van der Waals surface area contributed by atoms with E-state index in [0.717, 1.165) is 17.1 Å². The van der Waals surface area contributed by atoms with Gasteiger partial charge in [0.15, 0.2) is 0 Å². The van der Waals surface area contributed by atoms with Crippen LogP contribution in [0.1, 0.15) is 5.56 Å². The molecule has 4 heteroatoms. The fourth-order valence-electron chi connectivity index (χ4n) is 1.60. The van der Waals surface area contributed by atoms with Gasteiger partial charge in [0.1, 0.15) is 18.1 Å². The van der Waals surface area contributed by atoms with Gasteiger partial charge in [-0.2, -0.15) is 0 Å². The van der Waals surface area contributed by atoms with Crippen molar-refractivity contribution in [3.63, 3.8) is 0 Å². The Morgan fingerprint density at radius 2 is 1.83 bits per heavy atom. The Kier molecular flexibility index (Phi) is 3.95. The molecule has 0 aliphatic heterocycles. The molecule has 0 saturated heterocycles. The Morgan fingerprint density at radius 1 is 1.11 bits per heavy atom. The third kappa shape index (κ3) is 3.08. The molecular formula is C14H14ClNO2. The van der Waals surface area contributed by atoms with Crippen LogP contribution in [0.15, 0.2) is 42.5 Å². The fourth-order valence-corrected chi connectivity index (χ4v) is 1.73. The first-order chi connectivity index (χ1) is 8.69. The van der Waals surface area contributed by atoms with Crippen molar-refractivity contribution in [2.75, 3.05) is 12.8 Å². The van der Waals surface area contributed by atoms with Gasteiger partial charge in [-0.1, -0.05) is 11.6 Å². The lowest BCUT2D eigenvalue weighted by Gasteiger charge is -2.11. The van der Waals surface area contributed by atoms with E-state index in [1.54, 1.807) is 25.3 Å². The van der Waals surface area contributed by atoms with Gasteiger partial charge in [-0.05, 0) is 42.5 Å². The van der Waals surface area contributed by atoms with E-state index in [4.69, 9.17) is 26.8 Å². The molecule has 0 heterocycles. The van der Waals surface area contributed by atoms with E-state index in [1.165, 1.54) is 0 Å². The predicted molar refractivity (Wildman–Crippen MR) is 73.2 cm³/mol. The second-order valence-electron chi connectivity index (χ2n) is 3.81. The number of rotatable bonds is 4. The molecule has 94 valence electrons. The van der Waals surface area contributed by atoms with Crippen molar-refractivity contribution < 1.29 is 9.47 Å². The van der Waals surface area contributed by atoms with E-state index in [9.17, 15) is 0 Å². The van der Waals surface area contributed by atoms with Crippen LogP contribution in [-0.4, -0.2) is 7.11 Å². The SMILES string of the molecule is COc1ccc(N)cc1COc1ccc(Cl)cc1. The first-order valence-electron chi connectivity index (χ1n) is 5.50. The summed E-state index contributed by atoms with van der Waals surface area (Å²) in [4.78, 5) is 0. The van der Waals surface area contributed by atoms with Crippen LogP contribution < -0.4 is 15.2 Å². The number of methoxy groups -OCH3 is 1. The van der Waals surface area contributed by atoms with Gasteiger partial charge in [0, 0.05) is 16.3 Å². The minimum absolute atomic E-state index is 0.399. The third-order valence-electron chi connectivity index (χ3n) is 2.51. The Hall–Kier alpha value is -1.87. The first-order valence-corrected chi connectivity index (χ1v) is 5.87. The van der Waals surface area contributed by atoms with Gasteiger partial charge in [0.25, 0.3) is 0 Å². The van der Waals surface area contributed by atoms with E-state index in [2.05, 4.69) is 0 Å². The van der Waals surface area contributed by atoms with Crippen molar-refractivity contribution in [1.82, 2.24) is 0 Å². The summed E-state index contributed by atoms with van der Waals surface area (Å²) in [6.07, 6.45) is 0. The second-order valence-corrected chi connectivity index (χ2v) is 4.25. The molecule has 0 aliphatic carbocycles. The molecule has 0 bridgehead atoms. The van der Waals surface area contributed by atoms with Crippen molar-refractivity contribution in [1.29, 1.82) is 0 Å². The maximum atomic E-state index is 5.81. The van der Waals surface area contributed by atoms with Crippen molar-refractivity contribution >= 4 is 17.3 Å². The molecule has 2 aromatic rings. The van der Waals surface area contributed by atoms with Crippen LogP contribution in [0.2, 0.25) is 5.02 Å². The van der Waals surface area contributed by atoms with Gasteiger partial charge in [-0.25, -0.2) is 0 Å². The largest absolute Gasteiger partial charge is 0.496 e. The van der Waals surface area contributed by atoms with Gasteiger partial charge >= 0.3 is 0 Å². The highest BCUT2D eigenvalue weighted by Gasteiger charge is 2.04. The summed E-state index contributed by atoms with van der Waals surface area (Å²) in [6.45, 7) is 0.399. The number of hydrogen-bond acceptors (Lipinski definition) is 3. The van der Waals surface area contributed by atoms with Crippen LogP contribution in [0, 0.1) is 0 Å². The summed E-state index contributed by atoms with van der Waals surface area (Å²) in [5.74, 6) is 1.52. The summed E-state index contributed by atoms with van der Waals surface area (Å²) >= 11 is 5.81. The molecule has 2 rings (SSSR count). The number of halogens is 1. The van der Waals surface area contributed by atoms with Crippen molar-refractivity contribution in [3.8, 4) is 11.5 Å². The molecule has 2 aromatic carbocycles. The molecule has 0 unspecified atom stereocenters. The van der Waals surface area contributed by atoms with Gasteiger partial charge in [0.05, 0.1) is 7.11 Å². The van der Waals surface area contributed by atoms with Crippen molar-refractivity contribution in [3.05, 3.63) is 53.1 Å². The van der Waals surface area contributed by atoms with E-state index in [-0.39, 0.29) is 0 Å². The standard InChI is InChI=1S/C14H14ClNO2/c1-17-14-7-4-12(16)8-10(14)9-18-13-5-2-11(15)3-6-13/h2-8H,9,16H2,1H3. The molecule has 0 fully saturated rings. The summed E-state index contributed by atoms with van der Waals surface area (Å²) < 4.78 is 10.9. The molecule has 0 radical (unpaired) electrons. The van der Waals surface area contributed by atoms with Crippen LogP contribution >= 0.6 is 11.6 Å². The topological polar surface area (TPSA) is 44.5 Å². The van der Waals surface area contributed by atoms with Gasteiger partial charge in [-0.15, -0.1) is 0 Å². The number of nitrogens with two attached hydrogens (primary N) is 1. The zero-order valence-corrected chi connectivity index (χ0v) is 10.8. The molecule has 0 amide bonds. The zero-order valence-electron chi connectivity index (χ0n) is 10.0. The quantitative estimate of drug-likeness (QED) is 0.859.